The molecule has 3 aromatic heterocycles. The van der Waals surface area contributed by atoms with Gasteiger partial charge in [0.2, 0.25) is 17.3 Å². The molecular formula is C27H31N5O6. The number of carbonyl (C=O) groups excluding carboxylic acids is 2. The fourth-order valence-corrected chi connectivity index (χ4v) is 4.71. The van der Waals surface area contributed by atoms with Crippen molar-refractivity contribution in [3.63, 3.8) is 0 Å². The van der Waals surface area contributed by atoms with E-state index in [0.717, 1.165) is 24.0 Å². The van der Waals surface area contributed by atoms with Gasteiger partial charge in [-0.25, -0.2) is 9.78 Å². The van der Waals surface area contributed by atoms with Gasteiger partial charge in [-0.05, 0) is 32.3 Å². The summed E-state index contributed by atoms with van der Waals surface area (Å²) in [5.41, 5.74) is 2.54. The number of anilines is 1. The van der Waals surface area contributed by atoms with Crippen molar-refractivity contribution in [3.05, 3.63) is 42.1 Å². The molecule has 0 bridgehead atoms. The summed E-state index contributed by atoms with van der Waals surface area (Å²) >= 11 is 0. The van der Waals surface area contributed by atoms with E-state index in [1.165, 1.54) is 11.1 Å². The molecule has 0 N–H and O–H groups in total. The van der Waals surface area contributed by atoms with Crippen molar-refractivity contribution in [3.8, 4) is 11.1 Å². The van der Waals surface area contributed by atoms with Gasteiger partial charge in [-0.15, -0.1) is 0 Å². The van der Waals surface area contributed by atoms with Crippen molar-refractivity contribution < 1.29 is 28.2 Å². The molecule has 2 atom stereocenters. The van der Waals surface area contributed by atoms with Gasteiger partial charge in [0.15, 0.2) is 6.23 Å². The van der Waals surface area contributed by atoms with Crippen LogP contribution >= 0.6 is 0 Å². The third-order valence-electron chi connectivity index (χ3n) is 6.67. The van der Waals surface area contributed by atoms with Crippen LogP contribution in [0.5, 0.6) is 0 Å². The maximum Gasteiger partial charge on any atom is 0.414 e. The third-order valence-corrected chi connectivity index (χ3v) is 6.67. The second-order valence-corrected chi connectivity index (χ2v) is 9.23. The first kappa shape index (κ1) is 25.8. The first-order valence-corrected chi connectivity index (χ1v) is 12.8. The molecule has 0 radical (unpaired) electrons. The van der Waals surface area contributed by atoms with E-state index in [1.807, 2.05) is 19.3 Å². The molecule has 11 nitrogen and oxygen atoms in total. The molecule has 1 fully saturated rings. The Morgan fingerprint density at radius 1 is 1.26 bits per heavy atom. The van der Waals surface area contributed by atoms with E-state index in [4.69, 9.17) is 18.6 Å². The number of aryl methyl sites for hydroxylation is 1. The highest BCUT2D eigenvalue weighted by atomic mass is 16.6. The van der Waals surface area contributed by atoms with Gasteiger partial charge in [-0.1, -0.05) is 6.08 Å². The van der Waals surface area contributed by atoms with E-state index in [1.54, 1.807) is 37.2 Å². The highest BCUT2D eigenvalue weighted by Crippen LogP contribution is 2.38. The number of carbonyl (C=O) groups is 2. The number of ether oxygens (including phenoxy) is 3. The molecule has 0 aromatic carbocycles. The number of furan rings is 1. The number of fused-ring (bicyclic) bond motifs is 1. The van der Waals surface area contributed by atoms with E-state index in [9.17, 15) is 9.59 Å². The molecule has 1 saturated heterocycles. The molecule has 38 heavy (non-hydrogen) atoms. The van der Waals surface area contributed by atoms with Crippen LogP contribution in [0.2, 0.25) is 0 Å². The van der Waals surface area contributed by atoms with Crippen LogP contribution in [0.4, 0.5) is 10.5 Å². The molecule has 5 rings (SSSR count). The highest BCUT2D eigenvalue weighted by molar-refractivity contribution is 6.25. The topological polar surface area (TPSA) is 121 Å². The second kappa shape index (κ2) is 11.3. The van der Waals surface area contributed by atoms with Gasteiger partial charge in [-0.2, -0.15) is 5.10 Å². The lowest BCUT2D eigenvalue weighted by molar-refractivity contribution is 0.100. The van der Waals surface area contributed by atoms with Gasteiger partial charge in [0.25, 0.3) is 0 Å². The molecule has 1 amide bonds. The van der Waals surface area contributed by atoms with Crippen molar-refractivity contribution in [1.29, 1.82) is 0 Å². The van der Waals surface area contributed by atoms with Crippen LogP contribution in [0.1, 0.15) is 43.2 Å². The molecular weight excluding hydrogens is 490 g/mol. The number of methoxy groups -OCH3 is 1. The molecule has 11 heteroatoms. The average molecular weight is 522 g/mol. The number of ketones is 1. The van der Waals surface area contributed by atoms with Gasteiger partial charge in [-0.3, -0.25) is 19.4 Å². The van der Waals surface area contributed by atoms with Crippen molar-refractivity contribution in [2.24, 2.45) is 12.0 Å². The smallest absolute Gasteiger partial charge is 0.414 e. The number of nitrogens with zero attached hydrogens (tertiary/aromatic N) is 5. The van der Waals surface area contributed by atoms with E-state index < -0.39 is 11.9 Å². The molecule has 2 aliphatic rings. The quantitative estimate of drug-likeness (QED) is 0.382. The van der Waals surface area contributed by atoms with Crippen LogP contribution in [0.3, 0.4) is 0 Å². The number of aromatic nitrogens is 3. The third kappa shape index (κ3) is 5.25. The maximum absolute atomic E-state index is 13.8. The predicted molar refractivity (Wildman–Crippen MR) is 140 cm³/mol. The summed E-state index contributed by atoms with van der Waals surface area (Å²) in [7, 11) is 3.40. The minimum Gasteiger partial charge on any atom is -0.449 e. The number of Topliss-reactive ketones (excluding diaryl/α,β-unsaturated/α-hetero) is 1. The number of dihydropyridines is 1. The van der Waals surface area contributed by atoms with Crippen molar-refractivity contribution in [2.45, 2.75) is 44.9 Å². The Bertz CT molecular complexity index is 1380. The van der Waals surface area contributed by atoms with E-state index >= 15 is 0 Å². The Morgan fingerprint density at radius 2 is 2.13 bits per heavy atom. The molecule has 0 aliphatic carbocycles. The van der Waals surface area contributed by atoms with Crippen LogP contribution in [-0.2, 0) is 21.3 Å². The summed E-state index contributed by atoms with van der Waals surface area (Å²) in [6.45, 7) is 2.92. The van der Waals surface area contributed by atoms with Crippen LogP contribution in [-0.4, -0.2) is 72.1 Å². The monoisotopic (exact) mass is 521 g/mol. The zero-order chi connectivity index (χ0) is 26.6. The molecule has 0 saturated carbocycles. The molecule has 200 valence electrons. The molecule has 2 unspecified atom stereocenters. The molecule has 5 heterocycles. The molecule has 0 spiro atoms. The lowest BCUT2D eigenvalue weighted by Crippen LogP contribution is -2.35. The van der Waals surface area contributed by atoms with E-state index in [2.05, 4.69) is 15.1 Å². The maximum atomic E-state index is 13.8. The Balaban J connectivity index is 1.61. The SMILES string of the molecule is CCOC(=O)N(CCC1CCCO1)c1c(C(=O)C2=CCC(OC)N=C2)oc2ncc(-c3cnn(C)c3)cc12. The highest BCUT2D eigenvalue weighted by Gasteiger charge is 2.33. The lowest BCUT2D eigenvalue weighted by atomic mass is 10.0. The zero-order valence-electron chi connectivity index (χ0n) is 21.8. The minimum absolute atomic E-state index is 0.00444. The van der Waals surface area contributed by atoms with Crippen LogP contribution < -0.4 is 4.90 Å². The second-order valence-electron chi connectivity index (χ2n) is 9.23. The van der Waals surface area contributed by atoms with Crippen molar-refractivity contribution in [1.82, 2.24) is 14.8 Å². The summed E-state index contributed by atoms with van der Waals surface area (Å²) in [5, 5.41) is 4.77. The summed E-state index contributed by atoms with van der Waals surface area (Å²) in [6, 6.07) is 1.86. The Morgan fingerprint density at radius 3 is 2.79 bits per heavy atom. The number of hydrogen-bond donors (Lipinski definition) is 0. The number of rotatable bonds is 9. The van der Waals surface area contributed by atoms with Crippen LogP contribution in [0, 0.1) is 0 Å². The van der Waals surface area contributed by atoms with Gasteiger partial charge < -0.3 is 18.6 Å². The number of allylic oxidation sites excluding steroid dienone is 1. The summed E-state index contributed by atoms with van der Waals surface area (Å²) in [5.74, 6) is -0.393. The zero-order valence-corrected chi connectivity index (χ0v) is 21.8. The van der Waals surface area contributed by atoms with Gasteiger partial charge in [0, 0.05) is 69.0 Å². The molecule has 3 aromatic rings. The summed E-state index contributed by atoms with van der Waals surface area (Å²) < 4.78 is 24.2. The number of amides is 1. The number of aliphatic imine (C=N–C) groups is 1. The largest absolute Gasteiger partial charge is 0.449 e. The van der Waals surface area contributed by atoms with Gasteiger partial charge >= 0.3 is 6.09 Å². The van der Waals surface area contributed by atoms with E-state index in [0.29, 0.717) is 36.1 Å². The van der Waals surface area contributed by atoms with Crippen LogP contribution in [0.15, 0.2) is 45.7 Å². The first-order chi connectivity index (χ1) is 18.5. The van der Waals surface area contributed by atoms with Crippen LogP contribution in [0.25, 0.3) is 22.2 Å². The number of pyridine rings is 1. The Hall–Kier alpha value is -3.83. The fourth-order valence-electron chi connectivity index (χ4n) is 4.71. The van der Waals surface area contributed by atoms with E-state index in [-0.39, 0.29) is 37.0 Å². The Kier molecular flexibility index (Phi) is 7.66. The van der Waals surface area contributed by atoms with Gasteiger partial charge in [0.05, 0.1) is 24.3 Å². The van der Waals surface area contributed by atoms with Crippen molar-refractivity contribution >= 4 is 34.9 Å². The normalized spacial score (nSPS) is 19.1. The number of hydrogen-bond acceptors (Lipinski definition) is 9. The minimum atomic E-state index is -0.570. The standard InChI is InChI=1S/C27H31N5O6/c1-4-36-27(34)32(10-9-20-6-5-11-37-20)23-21-12-18(19-15-30-31(2)16-19)14-29-26(21)38-25(23)24(33)17-7-8-22(35-3)28-13-17/h7,12-16,20,22H,4-6,8-11H2,1-3H3. The molecule has 2 aliphatic heterocycles. The summed E-state index contributed by atoms with van der Waals surface area (Å²) in [6.07, 6.45) is 10.6. The Labute approximate surface area is 220 Å². The van der Waals surface area contributed by atoms with Crippen molar-refractivity contribution in [2.75, 3.05) is 31.8 Å². The van der Waals surface area contributed by atoms with Gasteiger partial charge in [0.1, 0.15) is 5.69 Å². The average Bonchev–Trinajstić information content (AvgIpc) is 3.69. The lowest BCUT2D eigenvalue weighted by Gasteiger charge is -2.23. The fraction of sp³-hybridized carbons (Fsp3) is 0.444. The summed E-state index contributed by atoms with van der Waals surface area (Å²) in [4.78, 5) is 37.3. The predicted octanol–water partition coefficient (Wildman–Crippen LogP) is 4.32. The first-order valence-electron chi connectivity index (χ1n) is 12.8.